The molecule has 0 unspecified atom stereocenters. The zero-order valence-corrected chi connectivity index (χ0v) is 20.9. The van der Waals surface area contributed by atoms with Crippen molar-refractivity contribution in [3.05, 3.63) is 59.4 Å². The van der Waals surface area contributed by atoms with Crippen molar-refractivity contribution < 1.29 is 18.3 Å². The number of fused-ring (bicyclic) bond motifs is 1. The van der Waals surface area contributed by atoms with Gasteiger partial charge < -0.3 is 15.0 Å². The molecule has 196 valence electrons. The Labute approximate surface area is 212 Å². The molecular formula is C26H30F3N7O. The maximum atomic E-state index is 13.9. The lowest BCUT2D eigenvalue weighted by Crippen LogP contribution is -2.32. The fourth-order valence-electron chi connectivity index (χ4n) is 5.14. The number of aromatic amines is 1. The summed E-state index contributed by atoms with van der Waals surface area (Å²) in [5.74, 6) is 1.35. The Hall–Kier alpha value is -3.31. The first kappa shape index (κ1) is 25.3. The summed E-state index contributed by atoms with van der Waals surface area (Å²) in [5.41, 5.74) is 1.83. The van der Waals surface area contributed by atoms with Gasteiger partial charge in [0.2, 0.25) is 0 Å². The highest BCUT2D eigenvalue weighted by Crippen LogP contribution is 2.43. The van der Waals surface area contributed by atoms with E-state index in [1.807, 2.05) is 35.9 Å². The standard InChI is InChI=1S/C26H30F3N7O/c1-14(12-37)31-15(2)22-24-19(11-20(32-22)26(27,28)29)23(33-34-24)18-9-5-8-17(10-18)21(16-6-4-7-16)25-35-30-13-36(25)3/h5,8-11,13-16,21,31,37H,4,6-7,12H2,1-3H3,(H,33,34)/t14-,15+,21+/m0/s1. The number of aliphatic hydroxyl groups is 1. The van der Waals surface area contributed by atoms with Crippen LogP contribution in [0.15, 0.2) is 36.7 Å². The molecule has 1 saturated carbocycles. The van der Waals surface area contributed by atoms with Gasteiger partial charge in [0.05, 0.1) is 17.8 Å². The quantitative estimate of drug-likeness (QED) is 0.315. The summed E-state index contributed by atoms with van der Waals surface area (Å²) < 4.78 is 43.5. The average Bonchev–Trinajstić information content (AvgIpc) is 3.46. The van der Waals surface area contributed by atoms with Gasteiger partial charge >= 0.3 is 6.18 Å². The fourth-order valence-corrected chi connectivity index (χ4v) is 5.14. The number of hydrogen-bond acceptors (Lipinski definition) is 6. The monoisotopic (exact) mass is 513 g/mol. The Bertz CT molecular complexity index is 1390. The van der Waals surface area contributed by atoms with E-state index in [9.17, 15) is 18.3 Å². The van der Waals surface area contributed by atoms with E-state index in [4.69, 9.17) is 0 Å². The van der Waals surface area contributed by atoms with Crippen LogP contribution in [-0.4, -0.2) is 47.7 Å². The van der Waals surface area contributed by atoms with Gasteiger partial charge in [0, 0.05) is 36.0 Å². The number of aliphatic hydroxyl groups excluding tert-OH is 1. The highest BCUT2D eigenvalue weighted by Gasteiger charge is 2.36. The molecule has 0 amide bonds. The molecule has 3 aromatic heterocycles. The van der Waals surface area contributed by atoms with Gasteiger partial charge in [0.15, 0.2) is 0 Å². The molecule has 0 aliphatic heterocycles. The molecule has 3 atom stereocenters. The maximum Gasteiger partial charge on any atom is 0.433 e. The summed E-state index contributed by atoms with van der Waals surface area (Å²) >= 11 is 0. The van der Waals surface area contributed by atoms with Gasteiger partial charge in [-0.05, 0) is 50.3 Å². The Morgan fingerprint density at radius 3 is 2.62 bits per heavy atom. The third-order valence-electron chi connectivity index (χ3n) is 7.26. The Morgan fingerprint density at radius 1 is 1.22 bits per heavy atom. The third-order valence-corrected chi connectivity index (χ3v) is 7.26. The summed E-state index contributed by atoms with van der Waals surface area (Å²) in [4.78, 5) is 3.94. The van der Waals surface area contributed by atoms with Gasteiger partial charge in [-0.2, -0.15) is 18.3 Å². The number of aromatic nitrogens is 6. The summed E-state index contributed by atoms with van der Waals surface area (Å²) in [6.07, 6.45) is 0.413. The van der Waals surface area contributed by atoms with Crippen LogP contribution < -0.4 is 5.32 Å². The molecule has 1 aliphatic carbocycles. The predicted octanol–water partition coefficient (Wildman–Crippen LogP) is 4.74. The Morgan fingerprint density at radius 2 is 2.00 bits per heavy atom. The second kappa shape index (κ2) is 9.86. The van der Waals surface area contributed by atoms with E-state index < -0.39 is 17.9 Å². The molecule has 1 fully saturated rings. The molecule has 1 aromatic carbocycles. The van der Waals surface area contributed by atoms with E-state index in [-0.39, 0.29) is 24.3 Å². The zero-order valence-electron chi connectivity index (χ0n) is 20.9. The molecule has 3 heterocycles. The number of halogens is 3. The first-order chi connectivity index (χ1) is 17.7. The summed E-state index contributed by atoms with van der Waals surface area (Å²) in [6, 6.07) is 7.99. The highest BCUT2D eigenvalue weighted by molar-refractivity contribution is 5.94. The number of alkyl halides is 3. The van der Waals surface area contributed by atoms with E-state index in [0.29, 0.717) is 28.1 Å². The van der Waals surface area contributed by atoms with Crippen molar-refractivity contribution in [2.45, 2.75) is 57.3 Å². The van der Waals surface area contributed by atoms with Crippen LogP contribution in [0.2, 0.25) is 0 Å². The minimum atomic E-state index is -4.62. The van der Waals surface area contributed by atoms with Crippen LogP contribution in [0, 0.1) is 5.92 Å². The molecular weight excluding hydrogens is 483 g/mol. The second-order valence-corrected chi connectivity index (χ2v) is 9.95. The lowest BCUT2D eigenvalue weighted by atomic mass is 9.72. The maximum absolute atomic E-state index is 13.9. The SMILES string of the molecule is C[C@@H](CO)N[C@H](C)c1nc(C(F)(F)F)cc2c(-c3cccc([C@H](c4nncn4C)C4CCC4)c3)n[nH]c12. The van der Waals surface area contributed by atoms with Crippen LogP contribution in [-0.2, 0) is 13.2 Å². The molecule has 0 saturated heterocycles. The number of H-pyrrole nitrogens is 1. The largest absolute Gasteiger partial charge is 0.433 e. The van der Waals surface area contributed by atoms with Gasteiger partial charge in [-0.25, -0.2) is 4.98 Å². The number of pyridine rings is 1. The molecule has 0 radical (unpaired) electrons. The number of aryl methyl sites for hydroxylation is 1. The van der Waals surface area contributed by atoms with E-state index in [1.54, 1.807) is 20.2 Å². The normalized spacial score (nSPS) is 17.1. The zero-order chi connectivity index (χ0) is 26.3. The van der Waals surface area contributed by atoms with Gasteiger partial charge in [-0.1, -0.05) is 24.6 Å². The van der Waals surface area contributed by atoms with Crippen molar-refractivity contribution in [1.29, 1.82) is 0 Å². The minimum Gasteiger partial charge on any atom is -0.395 e. The molecule has 1 aliphatic rings. The van der Waals surface area contributed by atoms with Crippen LogP contribution in [0.1, 0.15) is 67.8 Å². The molecule has 11 heteroatoms. The van der Waals surface area contributed by atoms with Crippen molar-refractivity contribution >= 4 is 10.9 Å². The highest BCUT2D eigenvalue weighted by atomic mass is 19.4. The van der Waals surface area contributed by atoms with Gasteiger partial charge in [0.1, 0.15) is 23.5 Å². The van der Waals surface area contributed by atoms with E-state index in [0.717, 1.165) is 30.3 Å². The molecule has 0 bridgehead atoms. The average molecular weight is 514 g/mol. The van der Waals surface area contributed by atoms with Crippen molar-refractivity contribution in [2.24, 2.45) is 13.0 Å². The molecule has 4 aromatic rings. The molecule has 3 N–H and O–H groups in total. The number of nitrogens with zero attached hydrogens (tertiary/aromatic N) is 5. The summed E-state index contributed by atoms with van der Waals surface area (Å²) in [5, 5.41) is 28.7. The molecule has 5 rings (SSSR count). The van der Waals surface area contributed by atoms with Gasteiger partial charge in [0.25, 0.3) is 0 Å². The summed E-state index contributed by atoms with van der Waals surface area (Å²) in [6.45, 7) is 3.32. The summed E-state index contributed by atoms with van der Waals surface area (Å²) in [7, 11) is 1.92. The Kier molecular flexibility index (Phi) is 6.76. The lowest BCUT2D eigenvalue weighted by molar-refractivity contribution is -0.141. The lowest BCUT2D eigenvalue weighted by Gasteiger charge is -2.33. The van der Waals surface area contributed by atoms with Crippen LogP contribution in [0.3, 0.4) is 0 Å². The second-order valence-electron chi connectivity index (χ2n) is 9.95. The van der Waals surface area contributed by atoms with Crippen LogP contribution in [0.25, 0.3) is 22.2 Å². The molecule has 0 spiro atoms. The topological polar surface area (TPSA) is 105 Å². The number of benzene rings is 1. The van der Waals surface area contributed by atoms with E-state index in [1.165, 1.54) is 6.42 Å². The van der Waals surface area contributed by atoms with Crippen LogP contribution >= 0.6 is 0 Å². The van der Waals surface area contributed by atoms with Crippen LogP contribution in [0.4, 0.5) is 13.2 Å². The van der Waals surface area contributed by atoms with Crippen molar-refractivity contribution in [1.82, 2.24) is 35.3 Å². The minimum absolute atomic E-state index is 0.0403. The number of nitrogens with one attached hydrogen (secondary N) is 2. The first-order valence-electron chi connectivity index (χ1n) is 12.4. The fraction of sp³-hybridized carbons (Fsp3) is 0.462. The van der Waals surface area contributed by atoms with Gasteiger partial charge in [-0.15, -0.1) is 10.2 Å². The van der Waals surface area contributed by atoms with E-state index in [2.05, 4.69) is 30.7 Å². The third kappa shape index (κ3) is 4.85. The van der Waals surface area contributed by atoms with Crippen molar-refractivity contribution in [3.8, 4) is 11.3 Å². The van der Waals surface area contributed by atoms with Crippen molar-refractivity contribution in [3.63, 3.8) is 0 Å². The van der Waals surface area contributed by atoms with E-state index >= 15 is 0 Å². The smallest absolute Gasteiger partial charge is 0.395 e. The molecule has 8 nitrogen and oxygen atoms in total. The predicted molar refractivity (Wildman–Crippen MR) is 133 cm³/mol. The Balaban J connectivity index is 1.62. The van der Waals surface area contributed by atoms with Gasteiger partial charge in [-0.3, -0.25) is 5.10 Å². The van der Waals surface area contributed by atoms with Crippen molar-refractivity contribution in [2.75, 3.05) is 6.61 Å². The number of hydrogen-bond donors (Lipinski definition) is 3. The number of rotatable bonds is 8. The van der Waals surface area contributed by atoms with Crippen LogP contribution in [0.5, 0.6) is 0 Å². The first-order valence-corrected chi connectivity index (χ1v) is 12.4. The molecule has 37 heavy (non-hydrogen) atoms.